The molecule has 0 amide bonds. The summed E-state index contributed by atoms with van der Waals surface area (Å²) >= 11 is 0. The first kappa shape index (κ1) is 16.2. The van der Waals surface area contributed by atoms with Gasteiger partial charge in [-0.2, -0.15) is 0 Å². The Labute approximate surface area is 127 Å². The molecule has 0 radical (unpaired) electrons. The van der Waals surface area contributed by atoms with Crippen LogP contribution in [0.4, 0.5) is 0 Å². The largest absolute Gasteiger partial charge is 0.396 e. The van der Waals surface area contributed by atoms with E-state index in [1.165, 1.54) is 11.1 Å². The zero-order valence-corrected chi connectivity index (χ0v) is 13.8. The highest BCUT2D eigenvalue weighted by Gasteiger charge is 2.34. The highest BCUT2D eigenvalue weighted by molar-refractivity contribution is 5.20. The molecular weight excluding hydrogens is 264 g/mol. The second-order valence-electron chi connectivity index (χ2n) is 6.76. The van der Waals surface area contributed by atoms with Crippen molar-refractivity contribution in [3.8, 4) is 0 Å². The molecule has 2 heterocycles. The van der Waals surface area contributed by atoms with Crippen molar-refractivity contribution in [3.05, 3.63) is 28.7 Å². The van der Waals surface area contributed by atoms with E-state index < -0.39 is 0 Å². The van der Waals surface area contributed by atoms with Crippen molar-refractivity contribution in [2.45, 2.75) is 53.5 Å². The Bertz CT molecular complexity index is 483. The molecule has 1 saturated heterocycles. The number of hydrogen-bond donors (Lipinski definition) is 1. The number of likely N-dealkylation sites (tertiary alicyclic amines) is 1. The number of aliphatic hydroxyl groups excluding tert-OH is 1. The van der Waals surface area contributed by atoms with Gasteiger partial charge >= 0.3 is 0 Å². The first-order valence-electron chi connectivity index (χ1n) is 7.84. The number of allylic oxidation sites excluding steroid dienone is 2. The summed E-state index contributed by atoms with van der Waals surface area (Å²) < 4.78 is 5.26. The lowest BCUT2D eigenvalue weighted by Crippen LogP contribution is -2.44. The SMILES string of the molecule is CC(C)=CC[C@@]1(CO)CCCN(Cc2c(C)noc2C)C1. The fraction of sp³-hybridized carbons (Fsp3) is 0.706. The lowest BCUT2D eigenvalue weighted by Gasteiger charge is -2.41. The quantitative estimate of drug-likeness (QED) is 0.847. The van der Waals surface area contributed by atoms with Gasteiger partial charge in [0.2, 0.25) is 0 Å². The van der Waals surface area contributed by atoms with E-state index in [4.69, 9.17) is 4.52 Å². The normalized spacial score (nSPS) is 23.3. The van der Waals surface area contributed by atoms with Crippen LogP contribution in [0.5, 0.6) is 0 Å². The Morgan fingerprint density at radius 1 is 1.43 bits per heavy atom. The molecule has 1 N–H and O–H groups in total. The van der Waals surface area contributed by atoms with E-state index in [9.17, 15) is 5.11 Å². The summed E-state index contributed by atoms with van der Waals surface area (Å²) in [6, 6.07) is 0. The molecule has 1 aromatic rings. The molecule has 118 valence electrons. The third-order valence-electron chi connectivity index (χ3n) is 4.58. The van der Waals surface area contributed by atoms with Gasteiger partial charge in [-0.05, 0) is 53.5 Å². The first-order chi connectivity index (χ1) is 9.96. The molecule has 1 aromatic heterocycles. The van der Waals surface area contributed by atoms with Crippen LogP contribution in [0.25, 0.3) is 0 Å². The molecule has 2 rings (SSSR count). The van der Waals surface area contributed by atoms with Gasteiger partial charge in [-0.3, -0.25) is 4.90 Å². The minimum atomic E-state index is 0.00843. The van der Waals surface area contributed by atoms with Crippen molar-refractivity contribution in [2.24, 2.45) is 5.41 Å². The van der Waals surface area contributed by atoms with Crippen LogP contribution < -0.4 is 0 Å². The summed E-state index contributed by atoms with van der Waals surface area (Å²) in [6.07, 6.45) is 5.46. The van der Waals surface area contributed by atoms with Crippen molar-refractivity contribution >= 4 is 0 Å². The lowest BCUT2D eigenvalue weighted by molar-refractivity contribution is 0.0305. The van der Waals surface area contributed by atoms with Crippen molar-refractivity contribution in [3.63, 3.8) is 0 Å². The van der Waals surface area contributed by atoms with E-state index in [-0.39, 0.29) is 12.0 Å². The van der Waals surface area contributed by atoms with E-state index in [0.29, 0.717) is 0 Å². The average Bonchev–Trinajstić information content (AvgIpc) is 2.77. The van der Waals surface area contributed by atoms with Crippen molar-refractivity contribution in [2.75, 3.05) is 19.7 Å². The molecule has 0 aromatic carbocycles. The van der Waals surface area contributed by atoms with Gasteiger partial charge < -0.3 is 9.63 Å². The van der Waals surface area contributed by atoms with E-state index in [1.807, 2.05) is 13.8 Å². The third kappa shape index (κ3) is 3.95. The Hall–Kier alpha value is -1.13. The van der Waals surface area contributed by atoms with Crippen molar-refractivity contribution < 1.29 is 9.63 Å². The maximum Gasteiger partial charge on any atom is 0.138 e. The predicted molar refractivity (Wildman–Crippen MR) is 84.1 cm³/mol. The van der Waals surface area contributed by atoms with Crippen LogP contribution in [0.15, 0.2) is 16.2 Å². The molecule has 0 bridgehead atoms. The van der Waals surface area contributed by atoms with Crippen LogP contribution in [0.2, 0.25) is 0 Å². The van der Waals surface area contributed by atoms with E-state index in [1.54, 1.807) is 0 Å². The number of hydrogen-bond acceptors (Lipinski definition) is 4. The molecule has 1 atom stereocenters. The maximum absolute atomic E-state index is 9.92. The highest BCUT2D eigenvalue weighted by atomic mass is 16.5. The zero-order chi connectivity index (χ0) is 15.5. The Kier molecular flexibility index (Phi) is 5.22. The van der Waals surface area contributed by atoms with Crippen LogP contribution in [0, 0.1) is 19.3 Å². The fourth-order valence-corrected chi connectivity index (χ4v) is 3.18. The highest BCUT2D eigenvalue weighted by Crippen LogP contribution is 2.35. The summed E-state index contributed by atoms with van der Waals surface area (Å²) in [7, 11) is 0. The first-order valence-corrected chi connectivity index (χ1v) is 7.84. The minimum Gasteiger partial charge on any atom is -0.396 e. The van der Waals surface area contributed by atoms with Gasteiger partial charge in [0.1, 0.15) is 5.76 Å². The Morgan fingerprint density at radius 3 is 2.76 bits per heavy atom. The standard InChI is InChI=1S/C17H28N2O2/c1-13(2)6-8-17(12-20)7-5-9-19(11-17)10-16-14(3)18-21-15(16)4/h6,20H,5,7-12H2,1-4H3/t17-/m0/s1. The van der Waals surface area contributed by atoms with Crippen molar-refractivity contribution in [1.82, 2.24) is 10.1 Å². The number of aryl methyl sites for hydroxylation is 2. The summed E-state index contributed by atoms with van der Waals surface area (Å²) in [6.45, 7) is 11.4. The topological polar surface area (TPSA) is 49.5 Å². The van der Waals surface area contributed by atoms with Crippen LogP contribution in [0.3, 0.4) is 0 Å². The van der Waals surface area contributed by atoms with Gasteiger partial charge in [0, 0.05) is 24.1 Å². The van der Waals surface area contributed by atoms with Gasteiger partial charge in [-0.15, -0.1) is 0 Å². The minimum absolute atomic E-state index is 0.00843. The molecule has 0 spiro atoms. The fourth-order valence-electron chi connectivity index (χ4n) is 3.18. The lowest BCUT2D eigenvalue weighted by atomic mass is 9.77. The summed E-state index contributed by atoms with van der Waals surface area (Å²) in [5.41, 5.74) is 3.52. The summed E-state index contributed by atoms with van der Waals surface area (Å²) in [5.74, 6) is 0.914. The van der Waals surface area contributed by atoms with Crippen LogP contribution >= 0.6 is 0 Å². The molecule has 1 aliphatic heterocycles. The Balaban J connectivity index is 2.07. The number of aliphatic hydroxyl groups is 1. The number of piperidine rings is 1. The Morgan fingerprint density at radius 2 is 2.19 bits per heavy atom. The van der Waals surface area contributed by atoms with Gasteiger partial charge in [-0.25, -0.2) is 0 Å². The van der Waals surface area contributed by atoms with E-state index in [0.717, 1.165) is 50.4 Å². The van der Waals surface area contributed by atoms with Gasteiger partial charge in [-0.1, -0.05) is 16.8 Å². The monoisotopic (exact) mass is 292 g/mol. The second-order valence-corrected chi connectivity index (χ2v) is 6.76. The van der Waals surface area contributed by atoms with Gasteiger partial charge in [0.15, 0.2) is 0 Å². The van der Waals surface area contributed by atoms with Crippen LogP contribution in [0.1, 0.15) is 50.1 Å². The molecule has 0 saturated carbocycles. The number of aromatic nitrogens is 1. The predicted octanol–water partition coefficient (Wildman–Crippen LogP) is 3.22. The molecule has 1 fully saturated rings. The third-order valence-corrected chi connectivity index (χ3v) is 4.58. The van der Waals surface area contributed by atoms with Crippen LogP contribution in [-0.4, -0.2) is 34.9 Å². The van der Waals surface area contributed by atoms with E-state index in [2.05, 4.69) is 30.0 Å². The van der Waals surface area contributed by atoms with Crippen LogP contribution in [-0.2, 0) is 6.54 Å². The number of rotatable bonds is 5. The van der Waals surface area contributed by atoms with Crippen molar-refractivity contribution in [1.29, 1.82) is 0 Å². The summed E-state index contributed by atoms with van der Waals surface area (Å²) in [4.78, 5) is 2.44. The second kappa shape index (κ2) is 6.75. The molecule has 0 unspecified atom stereocenters. The summed E-state index contributed by atoms with van der Waals surface area (Å²) in [5, 5.41) is 14.0. The molecule has 4 heteroatoms. The maximum atomic E-state index is 9.92. The molecule has 21 heavy (non-hydrogen) atoms. The smallest absolute Gasteiger partial charge is 0.138 e. The van der Waals surface area contributed by atoms with Gasteiger partial charge in [0.05, 0.1) is 12.3 Å². The average molecular weight is 292 g/mol. The molecule has 1 aliphatic rings. The molecule has 0 aliphatic carbocycles. The van der Waals surface area contributed by atoms with Gasteiger partial charge in [0.25, 0.3) is 0 Å². The zero-order valence-electron chi connectivity index (χ0n) is 13.8. The molecular formula is C17H28N2O2. The number of nitrogens with zero attached hydrogens (tertiary/aromatic N) is 2. The van der Waals surface area contributed by atoms with E-state index >= 15 is 0 Å². The molecule has 4 nitrogen and oxygen atoms in total.